The zero-order valence-corrected chi connectivity index (χ0v) is 15.8. The molecular formula is C16H26ClNO4S. The van der Waals surface area contributed by atoms with Crippen LogP contribution in [0.2, 0.25) is 5.02 Å². The normalized spacial score (nSPS) is 11.5. The first-order chi connectivity index (χ1) is 10.7. The highest BCUT2D eigenvalue weighted by atomic mass is 35.5. The number of carboxylic acid groups (broad SMARTS) is 1. The maximum absolute atomic E-state index is 11.3. The lowest BCUT2D eigenvalue weighted by molar-refractivity contribution is -0.921. The van der Waals surface area contributed by atoms with Gasteiger partial charge < -0.3 is 14.4 Å². The van der Waals surface area contributed by atoms with Crippen LogP contribution in [0.1, 0.15) is 27.7 Å². The Labute approximate surface area is 144 Å². The topological polar surface area (TPSA) is 74.3 Å². The molecule has 0 N–H and O–H groups in total. The lowest BCUT2D eigenvalue weighted by Crippen LogP contribution is -2.47. The van der Waals surface area contributed by atoms with E-state index in [4.69, 9.17) is 11.6 Å². The molecule has 0 aliphatic carbocycles. The van der Waals surface area contributed by atoms with Crippen molar-refractivity contribution in [2.45, 2.75) is 32.6 Å². The summed E-state index contributed by atoms with van der Waals surface area (Å²) in [4.78, 5) is 10.1. The SMILES string of the molecule is CC[N+](CC)(CC)CC.O=C([O-])CS(=O)(=O)c1ccc(Cl)cc1. The van der Waals surface area contributed by atoms with Gasteiger partial charge in [-0.25, -0.2) is 8.42 Å². The highest BCUT2D eigenvalue weighted by molar-refractivity contribution is 7.92. The molecule has 0 aliphatic rings. The summed E-state index contributed by atoms with van der Waals surface area (Å²) < 4.78 is 23.9. The zero-order valence-electron chi connectivity index (χ0n) is 14.2. The molecular weight excluding hydrogens is 338 g/mol. The maximum atomic E-state index is 11.3. The van der Waals surface area contributed by atoms with Crippen molar-refractivity contribution >= 4 is 27.4 Å². The van der Waals surface area contributed by atoms with Crippen molar-refractivity contribution in [3.63, 3.8) is 0 Å². The predicted octanol–water partition coefficient (Wildman–Crippen LogP) is 1.75. The van der Waals surface area contributed by atoms with Gasteiger partial charge in [0, 0.05) is 5.02 Å². The van der Waals surface area contributed by atoms with E-state index in [-0.39, 0.29) is 4.90 Å². The lowest BCUT2D eigenvalue weighted by Gasteiger charge is -2.34. The van der Waals surface area contributed by atoms with Gasteiger partial charge in [0.05, 0.1) is 42.8 Å². The average molecular weight is 364 g/mol. The highest BCUT2D eigenvalue weighted by Gasteiger charge is 2.16. The standard InChI is InChI=1S/C8H7ClO4S.C8H20N/c9-6-1-3-7(4-2-6)14(12,13)5-8(10)11;1-5-9(6-2,7-3)8-4/h1-4H,5H2,(H,10,11);5-8H2,1-4H3/q;+1/p-1. The number of halogens is 1. The van der Waals surface area contributed by atoms with E-state index in [0.717, 1.165) is 0 Å². The maximum Gasteiger partial charge on any atom is 0.183 e. The summed E-state index contributed by atoms with van der Waals surface area (Å²) in [5, 5.41) is 10.5. The van der Waals surface area contributed by atoms with Gasteiger partial charge in [0.15, 0.2) is 9.84 Å². The Morgan fingerprint density at radius 2 is 1.39 bits per heavy atom. The fraction of sp³-hybridized carbons (Fsp3) is 0.562. The second-order valence-electron chi connectivity index (χ2n) is 5.19. The van der Waals surface area contributed by atoms with E-state index in [1.54, 1.807) is 0 Å². The first-order valence-corrected chi connectivity index (χ1v) is 9.72. The van der Waals surface area contributed by atoms with Crippen LogP contribution in [-0.4, -0.2) is 50.8 Å². The van der Waals surface area contributed by atoms with Gasteiger partial charge in [-0.2, -0.15) is 0 Å². The molecule has 0 saturated carbocycles. The zero-order chi connectivity index (χ0) is 18.1. The van der Waals surface area contributed by atoms with E-state index < -0.39 is 21.6 Å². The Balaban J connectivity index is 0.000000468. The van der Waals surface area contributed by atoms with Crippen LogP contribution < -0.4 is 5.11 Å². The van der Waals surface area contributed by atoms with Crippen molar-refractivity contribution in [2.75, 3.05) is 31.9 Å². The second kappa shape index (κ2) is 9.90. The number of hydrogen-bond acceptors (Lipinski definition) is 4. The van der Waals surface area contributed by atoms with Crippen molar-refractivity contribution < 1.29 is 22.8 Å². The Bertz CT molecular complexity index is 563. The summed E-state index contributed by atoms with van der Waals surface area (Å²) >= 11 is 5.54. The van der Waals surface area contributed by atoms with E-state index in [9.17, 15) is 18.3 Å². The molecule has 0 fully saturated rings. The molecule has 7 heteroatoms. The van der Waals surface area contributed by atoms with Crippen LogP contribution in [0.5, 0.6) is 0 Å². The summed E-state index contributed by atoms with van der Waals surface area (Å²) in [5.41, 5.74) is 0. The summed E-state index contributed by atoms with van der Waals surface area (Å²) in [6.07, 6.45) is 0. The molecule has 0 aromatic heterocycles. The highest BCUT2D eigenvalue weighted by Crippen LogP contribution is 2.14. The van der Waals surface area contributed by atoms with Crippen molar-refractivity contribution in [1.29, 1.82) is 0 Å². The van der Waals surface area contributed by atoms with Crippen molar-refractivity contribution in [1.82, 2.24) is 0 Å². The molecule has 5 nitrogen and oxygen atoms in total. The number of nitrogens with zero attached hydrogens (tertiary/aromatic N) is 1. The minimum Gasteiger partial charge on any atom is -0.549 e. The molecule has 0 saturated heterocycles. The third kappa shape index (κ3) is 7.33. The van der Waals surface area contributed by atoms with Crippen LogP contribution in [0.4, 0.5) is 0 Å². The molecule has 0 radical (unpaired) electrons. The summed E-state index contributed by atoms with van der Waals surface area (Å²) in [6.45, 7) is 14.2. The molecule has 0 aliphatic heterocycles. The monoisotopic (exact) mass is 363 g/mol. The number of rotatable bonds is 7. The smallest absolute Gasteiger partial charge is 0.183 e. The third-order valence-electron chi connectivity index (χ3n) is 4.16. The number of hydrogen-bond donors (Lipinski definition) is 0. The largest absolute Gasteiger partial charge is 0.549 e. The number of sulfone groups is 1. The van der Waals surface area contributed by atoms with Gasteiger partial charge in [-0.1, -0.05) is 11.6 Å². The molecule has 0 spiro atoms. The molecule has 0 unspecified atom stereocenters. The number of aliphatic carboxylic acids is 1. The molecule has 0 amide bonds. The van der Waals surface area contributed by atoms with E-state index in [1.807, 2.05) is 0 Å². The Morgan fingerprint density at radius 1 is 1.00 bits per heavy atom. The van der Waals surface area contributed by atoms with Crippen LogP contribution in [0.15, 0.2) is 29.2 Å². The average Bonchev–Trinajstić information content (AvgIpc) is 2.50. The molecule has 0 bridgehead atoms. The Morgan fingerprint density at radius 3 is 1.65 bits per heavy atom. The quantitative estimate of drug-likeness (QED) is 0.691. The van der Waals surface area contributed by atoms with Crippen LogP contribution in [-0.2, 0) is 14.6 Å². The predicted molar refractivity (Wildman–Crippen MR) is 90.9 cm³/mol. The van der Waals surface area contributed by atoms with Gasteiger partial charge in [0.2, 0.25) is 0 Å². The van der Waals surface area contributed by atoms with Crippen LogP contribution >= 0.6 is 11.6 Å². The fourth-order valence-corrected chi connectivity index (χ4v) is 3.38. The minimum absolute atomic E-state index is 0.0777. The first kappa shape index (κ1) is 21.9. The van der Waals surface area contributed by atoms with Crippen molar-refractivity contribution in [3.8, 4) is 0 Å². The number of benzene rings is 1. The molecule has 1 aromatic rings. The molecule has 132 valence electrons. The Kier molecular flexibility index (Phi) is 9.42. The number of carbonyl (C=O) groups is 1. The molecule has 0 heterocycles. The van der Waals surface area contributed by atoms with E-state index in [2.05, 4.69) is 27.7 Å². The van der Waals surface area contributed by atoms with E-state index >= 15 is 0 Å². The van der Waals surface area contributed by atoms with E-state index in [0.29, 0.717) is 5.02 Å². The van der Waals surface area contributed by atoms with Gasteiger partial charge >= 0.3 is 0 Å². The number of carboxylic acids is 1. The van der Waals surface area contributed by atoms with Crippen LogP contribution in [0.3, 0.4) is 0 Å². The summed E-state index contributed by atoms with van der Waals surface area (Å²) in [6, 6.07) is 5.26. The van der Waals surface area contributed by atoms with Gasteiger partial charge in [0.25, 0.3) is 0 Å². The molecule has 0 atom stereocenters. The fourth-order valence-electron chi connectivity index (χ4n) is 2.22. The van der Waals surface area contributed by atoms with Crippen molar-refractivity contribution in [3.05, 3.63) is 29.3 Å². The number of quaternary nitrogens is 1. The summed E-state index contributed by atoms with van der Waals surface area (Å²) in [5.74, 6) is -2.64. The van der Waals surface area contributed by atoms with Gasteiger partial charge in [-0.3, -0.25) is 0 Å². The van der Waals surface area contributed by atoms with E-state index in [1.165, 1.54) is 54.9 Å². The van der Waals surface area contributed by atoms with Gasteiger partial charge in [0.1, 0.15) is 0 Å². The van der Waals surface area contributed by atoms with Crippen LogP contribution in [0.25, 0.3) is 0 Å². The van der Waals surface area contributed by atoms with Gasteiger partial charge in [-0.05, 0) is 52.0 Å². The number of carbonyl (C=O) groups excluding carboxylic acids is 1. The molecule has 1 rings (SSSR count). The molecule has 1 aromatic carbocycles. The first-order valence-electron chi connectivity index (χ1n) is 7.69. The van der Waals surface area contributed by atoms with Crippen LogP contribution in [0, 0.1) is 0 Å². The third-order valence-corrected chi connectivity index (χ3v) is 6.02. The van der Waals surface area contributed by atoms with Crippen molar-refractivity contribution in [2.24, 2.45) is 0 Å². The summed E-state index contributed by atoms with van der Waals surface area (Å²) in [7, 11) is -3.80. The van der Waals surface area contributed by atoms with Gasteiger partial charge in [-0.15, -0.1) is 0 Å². The molecule has 23 heavy (non-hydrogen) atoms. The Hall–Kier alpha value is -1.11. The second-order valence-corrected chi connectivity index (χ2v) is 7.62. The minimum atomic E-state index is -3.80. The lowest BCUT2D eigenvalue weighted by atomic mass is 10.3.